The van der Waals surface area contributed by atoms with E-state index in [9.17, 15) is 18.0 Å². The number of hydrogen-bond donors (Lipinski definition) is 1. The predicted octanol–water partition coefficient (Wildman–Crippen LogP) is 3.00. The molecule has 0 heterocycles. The van der Waals surface area contributed by atoms with E-state index in [-0.39, 0.29) is 18.7 Å². The van der Waals surface area contributed by atoms with Gasteiger partial charge in [0.15, 0.2) is 0 Å². The molecule has 0 spiro atoms. The maximum absolute atomic E-state index is 12.8. The highest BCUT2D eigenvalue weighted by atomic mass is 19.4. The van der Waals surface area contributed by atoms with Gasteiger partial charge in [-0.1, -0.05) is 25.1 Å². The van der Waals surface area contributed by atoms with Crippen LogP contribution in [0, 0.1) is 0 Å². The molecule has 1 rings (SSSR count). The summed E-state index contributed by atoms with van der Waals surface area (Å²) in [6, 6.07) is 5.25. The van der Waals surface area contributed by atoms with Crippen molar-refractivity contribution in [3.63, 3.8) is 0 Å². The first kappa shape index (κ1) is 15.5. The number of carbonyl (C=O) groups is 1. The van der Waals surface area contributed by atoms with Crippen LogP contribution >= 0.6 is 0 Å². The number of hydrogen-bond acceptors (Lipinski definition) is 2. The van der Waals surface area contributed by atoms with Gasteiger partial charge < -0.3 is 5.11 Å². The molecule has 0 fully saturated rings. The number of aliphatic carboxylic acids is 1. The van der Waals surface area contributed by atoms with Crippen molar-refractivity contribution in [1.29, 1.82) is 0 Å². The number of rotatable bonds is 6. The summed E-state index contributed by atoms with van der Waals surface area (Å²) in [5, 5.41) is 8.75. The number of benzene rings is 1. The minimum absolute atomic E-state index is 0.0180. The molecule has 0 unspecified atom stereocenters. The second-order valence-electron chi connectivity index (χ2n) is 4.26. The highest BCUT2D eigenvalue weighted by Crippen LogP contribution is 2.32. The Bertz CT molecular complexity index is 432. The minimum Gasteiger partial charge on any atom is -0.480 e. The van der Waals surface area contributed by atoms with Crippen LogP contribution in [-0.2, 0) is 17.5 Å². The summed E-state index contributed by atoms with van der Waals surface area (Å²) in [6.07, 6.45) is -3.74. The molecule has 19 heavy (non-hydrogen) atoms. The molecule has 0 aliphatic carbocycles. The zero-order chi connectivity index (χ0) is 14.5. The highest BCUT2D eigenvalue weighted by Gasteiger charge is 2.33. The van der Waals surface area contributed by atoms with Crippen molar-refractivity contribution in [2.75, 3.05) is 13.1 Å². The van der Waals surface area contributed by atoms with Crippen molar-refractivity contribution in [2.24, 2.45) is 0 Å². The van der Waals surface area contributed by atoms with Crippen LogP contribution in [0.25, 0.3) is 0 Å². The van der Waals surface area contributed by atoms with Crippen molar-refractivity contribution in [3.8, 4) is 0 Å². The van der Waals surface area contributed by atoms with Gasteiger partial charge in [0, 0.05) is 6.54 Å². The van der Waals surface area contributed by atoms with E-state index in [4.69, 9.17) is 5.11 Å². The molecule has 0 radical (unpaired) electrons. The van der Waals surface area contributed by atoms with Crippen LogP contribution in [0.4, 0.5) is 13.2 Å². The molecule has 106 valence electrons. The van der Waals surface area contributed by atoms with E-state index < -0.39 is 17.7 Å². The van der Waals surface area contributed by atoms with Gasteiger partial charge in [-0.25, -0.2) is 0 Å². The lowest BCUT2D eigenvalue weighted by Gasteiger charge is -2.21. The molecule has 6 heteroatoms. The van der Waals surface area contributed by atoms with E-state index in [2.05, 4.69) is 0 Å². The Morgan fingerprint density at radius 3 is 2.47 bits per heavy atom. The largest absolute Gasteiger partial charge is 0.480 e. The van der Waals surface area contributed by atoms with Crippen molar-refractivity contribution >= 4 is 5.97 Å². The second kappa shape index (κ2) is 6.56. The summed E-state index contributed by atoms with van der Waals surface area (Å²) in [5.74, 6) is -1.04. The zero-order valence-corrected chi connectivity index (χ0v) is 10.6. The first-order valence-corrected chi connectivity index (χ1v) is 5.93. The van der Waals surface area contributed by atoms with Gasteiger partial charge in [-0.05, 0) is 24.6 Å². The van der Waals surface area contributed by atoms with Crippen LogP contribution in [0.2, 0.25) is 0 Å². The van der Waals surface area contributed by atoms with Gasteiger partial charge in [-0.3, -0.25) is 9.69 Å². The molecule has 1 N–H and O–H groups in total. The zero-order valence-electron chi connectivity index (χ0n) is 10.6. The lowest BCUT2D eigenvalue weighted by Crippen LogP contribution is -2.30. The van der Waals surface area contributed by atoms with Crippen molar-refractivity contribution in [2.45, 2.75) is 26.1 Å². The van der Waals surface area contributed by atoms with Crippen LogP contribution < -0.4 is 0 Å². The molecule has 0 aromatic heterocycles. The quantitative estimate of drug-likeness (QED) is 0.867. The van der Waals surface area contributed by atoms with Crippen LogP contribution in [0.3, 0.4) is 0 Å². The van der Waals surface area contributed by atoms with Crippen LogP contribution in [0.1, 0.15) is 24.5 Å². The van der Waals surface area contributed by atoms with Gasteiger partial charge in [-0.2, -0.15) is 13.2 Å². The van der Waals surface area contributed by atoms with E-state index in [0.717, 1.165) is 6.07 Å². The van der Waals surface area contributed by atoms with Crippen LogP contribution in [0.5, 0.6) is 0 Å². The van der Waals surface area contributed by atoms with E-state index in [0.29, 0.717) is 13.0 Å². The molecule has 0 aliphatic heterocycles. The number of nitrogens with zero attached hydrogens (tertiary/aromatic N) is 1. The second-order valence-corrected chi connectivity index (χ2v) is 4.26. The monoisotopic (exact) mass is 275 g/mol. The van der Waals surface area contributed by atoms with E-state index in [1.165, 1.54) is 23.1 Å². The van der Waals surface area contributed by atoms with Crippen molar-refractivity contribution in [1.82, 2.24) is 4.90 Å². The Morgan fingerprint density at radius 1 is 1.32 bits per heavy atom. The van der Waals surface area contributed by atoms with Gasteiger partial charge in [0.2, 0.25) is 0 Å². The normalized spacial score (nSPS) is 11.8. The summed E-state index contributed by atoms with van der Waals surface area (Å²) < 4.78 is 38.4. The minimum atomic E-state index is -4.42. The standard InChI is InChI=1S/C13H16F3NO2/c1-2-7-17(9-12(18)19)8-10-5-3-4-6-11(10)13(14,15)16/h3-6H,2,7-9H2,1H3,(H,18,19). The van der Waals surface area contributed by atoms with E-state index in [1.807, 2.05) is 6.92 Å². The number of carboxylic acids is 1. The number of halogens is 3. The molecule has 0 saturated carbocycles. The fourth-order valence-electron chi connectivity index (χ4n) is 1.90. The summed E-state index contributed by atoms with van der Waals surface area (Å²) >= 11 is 0. The lowest BCUT2D eigenvalue weighted by atomic mass is 10.1. The average molecular weight is 275 g/mol. The van der Waals surface area contributed by atoms with E-state index >= 15 is 0 Å². The van der Waals surface area contributed by atoms with Gasteiger partial charge in [0.05, 0.1) is 12.1 Å². The summed E-state index contributed by atoms with van der Waals surface area (Å²) in [4.78, 5) is 12.2. The third-order valence-corrected chi connectivity index (χ3v) is 2.62. The van der Waals surface area contributed by atoms with E-state index in [1.54, 1.807) is 0 Å². The highest BCUT2D eigenvalue weighted by molar-refractivity contribution is 5.69. The molecular weight excluding hydrogens is 259 g/mol. The Hall–Kier alpha value is -1.56. The Balaban J connectivity index is 2.93. The van der Waals surface area contributed by atoms with Gasteiger partial charge in [0.1, 0.15) is 0 Å². The molecule has 1 aromatic rings. The lowest BCUT2D eigenvalue weighted by molar-refractivity contribution is -0.139. The van der Waals surface area contributed by atoms with Crippen LogP contribution in [-0.4, -0.2) is 29.1 Å². The first-order chi connectivity index (χ1) is 8.84. The summed E-state index contributed by atoms with van der Waals surface area (Å²) in [7, 11) is 0. The summed E-state index contributed by atoms with van der Waals surface area (Å²) in [6.45, 7) is 2.01. The van der Waals surface area contributed by atoms with Gasteiger partial charge in [-0.15, -0.1) is 0 Å². The fraction of sp³-hybridized carbons (Fsp3) is 0.462. The Kier molecular flexibility index (Phi) is 5.35. The Morgan fingerprint density at radius 2 is 1.95 bits per heavy atom. The van der Waals surface area contributed by atoms with Gasteiger partial charge in [0.25, 0.3) is 0 Å². The maximum atomic E-state index is 12.8. The third-order valence-electron chi connectivity index (χ3n) is 2.62. The molecule has 0 amide bonds. The fourth-order valence-corrected chi connectivity index (χ4v) is 1.90. The SMILES string of the molecule is CCCN(CC(=O)O)Cc1ccccc1C(F)(F)F. The molecule has 0 aliphatic rings. The topological polar surface area (TPSA) is 40.5 Å². The molecule has 3 nitrogen and oxygen atoms in total. The predicted molar refractivity (Wildman–Crippen MR) is 64.6 cm³/mol. The smallest absolute Gasteiger partial charge is 0.416 e. The van der Waals surface area contributed by atoms with Crippen molar-refractivity contribution < 1.29 is 23.1 Å². The van der Waals surface area contributed by atoms with Gasteiger partial charge >= 0.3 is 12.1 Å². The molecule has 1 aromatic carbocycles. The number of alkyl halides is 3. The Labute approximate surface area is 109 Å². The van der Waals surface area contributed by atoms with Crippen molar-refractivity contribution in [3.05, 3.63) is 35.4 Å². The molecule has 0 atom stereocenters. The summed E-state index contributed by atoms with van der Waals surface area (Å²) in [5.41, 5.74) is -0.605. The third kappa shape index (κ3) is 4.90. The van der Waals surface area contributed by atoms with Crippen LogP contribution in [0.15, 0.2) is 24.3 Å². The maximum Gasteiger partial charge on any atom is 0.416 e. The average Bonchev–Trinajstić information content (AvgIpc) is 2.27. The molecule has 0 saturated heterocycles. The molecular formula is C13H16F3NO2. The molecule has 0 bridgehead atoms. The first-order valence-electron chi connectivity index (χ1n) is 5.93. The number of carboxylic acid groups (broad SMARTS) is 1.